The van der Waals surface area contributed by atoms with E-state index in [0.717, 1.165) is 12.3 Å². The summed E-state index contributed by atoms with van der Waals surface area (Å²) in [5, 5.41) is 3.01. The average Bonchev–Trinajstić information content (AvgIpc) is 2.05. The Bertz CT molecular complexity index is 242. The number of halogens is 1. The number of hydrogen-bond donors (Lipinski definition) is 1. The third-order valence-corrected chi connectivity index (χ3v) is 1.94. The SMILES string of the molecule is CSCCNc1cccc(F)n1. The first-order chi connectivity index (χ1) is 5.83. The second-order valence-electron chi connectivity index (χ2n) is 2.27. The van der Waals surface area contributed by atoms with Crippen LogP contribution in [0.1, 0.15) is 0 Å². The fourth-order valence-electron chi connectivity index (χ4n) is 0.788. The molecule has 0 radical (unpaired) electrons. The summed E-state index contributed by atoms with van der Waals surface area (Å²) in [4.78, 5) is 3.66. The molecule has 0 aliphatic carbocycles. The lowest BCUT2D eigenvalue weighted by molar-refractivity contribution is 0.585. The van der Waals surface area contributed by atoms with Gasteiger partial charge in [-0.1, -0.05) is 6.07 Å². The van der Waals surface area contributed by atoms with Crippen molar-refractivity contribution < 1.29 is 4.39 Å². The molecule has 4 heteroatoms. The number of aromatic nitrogens is 1. The maximum Gasteiger partial charge on any atom is 0.214 e. The van der Waals surface area contributed by atoms with E-state index in [4.69, 9.17) is 0 Å². The van der Waals surface area contributed by atoms with Crippen molar-refractivity contribution in [3.05, 3.63) is 24.1 Å². The highest BCUT2D eigenvalue weighted by molar-refractivity contribution is 7.98. The number of nitrogens with one attached hydrogen (secondary N) is 1. The number of anilines is 1. The van der Waals surface area contributed by atoms with Crippen LogP contribution in [-0.2, 0) is 0 Å². The second kappa shape index (κ2) is 4.98. The van der Waals surface area contributed by atoms with Gasteiger partial charge in [0.1, 0.15) is 5.82 Å². The van der Waals surface area contributed by atoms with Crippen molar-refractivity contribution in [2.75, 3.05) is 23.9 Å². The summed E-state index contributed by atoms with van der Waals surface area (Å²) in [6.07, 6.45) is 2.03. The van der Waals surface area contributed by atoms with Crippen LogP contribution >= 0.6 is 11.8 Å². The van der Waals surface area contributed by atoms with Crippen molar-refractivity contribution in [3.8, 4) is 0 Å². The van der Waals surface area contributed by atoms with Crippen LogP contribution in [0, 0.1) is 5.95 Å². The Morgan fingerprint density at radius 3 is 3.08 bits per heavy atom. The summed E-state index contributed by atoms with van der Waals surface area (Å²) in [6.45, 7) is 0.817. The lowest BCUT2D eigenvalue weighted by atomic mass is 10.4. The lowest BCUT2D eigenvalue weighted by Gasteiger charge is -2.02. The predicted molar refractivity (Wildman–Crippen MR) is 51.1 cm³/mol. The first-order valence-electron chi connectivity index (χ1n) is 3.68. The van der Waals surface area contributed by atoms with Gasteiger partial charge in [0.2, 0.25) is 5.95 Å². The van der Waals surface area contributed by atoms with E-state index >= 15 is 0 Å². The van der Waals surface area contributed by atoms with Gasteiger partial charge in [-0.25, -0.2) is 4.98 Å². The molecular formula is C8H11FN2S. The minimum atomic E-state index is -0.441. The Morgan fingerprint density at radius 1 is 1.58 bits per heavy atom. The van der Waals surface area contributed by atoms with E-state index in [2.05, 4.69) is 10.3 Å². The van der Waals surface area contributed by atoms with Crippen LogP contribution in [0.5, 0.6) is 0 Å². The molecule has 0 bridgehead atoms. The number of thioether (sulfide) groups is 1. The van der Waals surface area contributed by atoms with E-state index in [-0.39, 0.29) is 0 Å². The Kier molecular flexibility index (Phi) is 3.87. The average molecular weight is 186 g/mol. The fraction of sp³-hybridized carbons (Fsp3) is 0.375. The molecule has 1 rings (SSSR count). The van der Waals surface area contributed by atoms with Crippen LogP contribution in [0.3, 0.4) is 0 Å². The molecule has 1 aromatic rings. The molecule has 0 aliphatic rings. The molecule has 0 saturated heterocycles. The molecule has 0 spiro atoms. The van der Waals surface area contributed by atoms with Gasteiger partial charge in [0.25, 0.3) is 0 Å². The lowest BCUT2D eigenvalue weighted by Crippen LogP contribution is -2.05. The first kappa shape index (κ1) is 9.32. The Hall–Kier alpha value is -0.770. The topological polar surface area (TPSA) is 24.9 Å². The zero-order valence-corrected chi connectivity index (χ0v) is 7.70. The summed E-state index contributed by atoms with van der Waals surface area (Å²) in [6, 6.07) is 4.73. The van der Waals surface area contributed by atoms with Gasteiger partial charge in [0.05, 0.1) is 0 Å². The maximum atomic E-state index is 12.5. The van der Waals surface area contributed by atoms with Crippen molar-refractivity contribution >= 4 is 17.6 Å². The zero-order chi connectivity index (χ0) is 8.81. The van der Waals surface area contributed by atoms with Crippen LogP contribution in [0.4, 0.5) is 10.2 Å². The highest BCUT2D eigenvalue weighted by Gasteiger charge is 1.93. The first-order valence-corrected chi connectivity index (χ1v) is 5.07. The third kappa shape index (κ3) is 3.09. The monoisotopic (exact) mass is 186 g/mol. The van der Waals surface area contributed by atoms with Gasteiger partial charge in [-0.15, -0.1) is 0 Å². The molecule has 2 nitrogen and oxygen atoms in total. The quantitative estimate of drug-likeness (QED) is 0.575. The predicted octanol–water partition coefficient (Wildman–Crippen LogP) is 2.00. The highest BCUT2D eigenvalue weighted by atomic mass is 32.2. The van der Waals surface area contributed by atoms with Crippen molar-refractivity contribution in [1.82, 2.24) is 4.98 Å². The van der Waals surface area contributed by atoms with Crippen LogP contribution < -0.4 is 5.32 Å². The van der Waals surface area contributed by atoms with Gasteiger partial charge >= 0.3 is 0 Å². The fourth-order valence-corrected chi connectivity index (χ4v) is 1.09. The molecule has 0 amide bonds. The van der Waals surface area contributed by atoms with Gasteiger partial charge in [-0.3, -0.25) is 0 Å². The minimum Gasteiger partial charge on any atom is -0.369 e. The van der Waals surface area contributed by atoms with Crippen molar-refractivity contribution in [1.29, 1.82) is 0 Å². The van der Waals surface area contributed by atoms with Crippen molar-refractivity contribution in [2.24, 2.45) is 0 Å². The van der Waals surface area contributed by atoms with E-state index in [9.17, 15) is 4.39 Å². The number of nitrogens with zero attached hydrogens (tertiary/aromatic N) is 1. The Labute approximate surface area is 75.6 Å². The van der Waals surface area contributed by atoms with Crippen LogP contribution in [0.2, 0.25) is 0 Å². The number of rotatable bonds is 4. The molecule has 66 valence electrons. The third-order valence-electron chi connectivity index (χ3n) is 1.33. The number of hydrogen-bond acceptors (Lipinski definition) is 3. The maximum absolute atomic E-state index is 12.5. The molecule has 1 N–H and O–H groups in total. The number of pyridine rings is 1. The van der Waals surface area contributed by atoms with Crippen LogP contribution in [-0.4, -0.2) is 23.5 Å². The van der Waals surface area contributed by atoms with E-state index in [1.165, 1.54) is 6.07 Å². The summed E-state index contributed by atoms with van der Waals surface area (Å²) in [5.74, 6) is 1.16. The normalized spacial score (nSPS) is 9.83. The van der Waals surface area contributed by atoms with E-state index < -0.39 is 5.95 Å². The summed E-state index contributed by atoms with van der Waals surface area (Å²) in [5.41, 5.74) is 0. The highest BCUT2D eigenvalue weighted by Crippen LogP contribution is 2.03. The Morgan fingerprint density at radius 2 is 2.42 bits per heavy atom. The van der Waals surface area contributed by atoms with E-state index in [1.807, 2.05) is 6.26 Å². The molecule has 0 aliphatic heterocycles. The second-order valence-corrected chi connectivity index (χ2v) is 3.25. The van der Waals surface area contributed by atoms with Gasteiger partial charge in [0.15, 0.2) is 0 Å². The molecule has 12 heavy (non-hydrogen) atoms. The summed E-state index contributed by atoms with van der Waals surface area (Å²) in [7, 11) is 0. The smallest absolute Gasteiger partial charge is 0.214 e. The van der Waals surface area contributed by atoms with Gasteiger partial charge in [-0.2, -0.15) is 16.2 Å². The molecule has 0 atom stereocenters. The van der Waals surface area contributed by atoms with Gasteiger partial charge in [-0.05, 0) is 18.4 Å². The molecule has 1 heterocycles. The van der Waals surface area contributed by atoms with Crippen LogP contribution in [0.15, 0.2) is 18.2 Å². The molecule has 0 unspecified atom stereocenters. The van der Waals surface area contributed by atoms with Crippen LogP contribution in [0.25, 0.3) is 0 Å². The molecule has 0 saturated carbocycles. The summed E-state index contributed by atoms with van der Waals surface area (Å²) >= 11 is 1.74. The zero-order valence-electron chi connectivity index (χ0n) is 6.88. The van der Waals surface area contributed by atoms with E-state index in [0.29, 0.717) is 5.82 Å². The molecular weight excluding hydrogens is 175 g/mol. The van der Waals surface area contributed by atoms with Crippen molar-refractivity contribution in [3.63, 3.8) is 0 Å². The molecule has 0 fully saturated rings. The van der Waals surface area contributed by atoms with E-state index in [1.54, 1.807) is 23.9 Å². The van der Waals surface area contributed by atoms with Gasteiger partial charge in [0, 0.05) is 12.3 Å². The van der Waals surface area contributed by atoms with Gasteiger partial charge < -0.3 is 5.32 Å². The van der Waals surface area contributed by atoms with Crippen molar-refractivity contribution in [2.45, 2.75) is 0 Å². The molecule has 0 aromatic carbocycles. The standard InChI is InChI=1S/C8H11FN2S/c1-12-6-5-10-8-4-2-3-7(9)11-8/h2-4H,5-6H2,1H3,(H,10,11). The molecule has 1 aromatic heterocycles. The minimum absolute atomic E-state index is 0.441. The summed E-state index contributed by atoms with van der Waals surface area (Å²) < 4.78 is 12.5. The Balaban J connectivity index is 2.41. The largest absolute Gasteiger partial charge is 0.369 e.